The SMILES string of the molecule is O=C(c1cccc(/C=C2\SC(=S)N(c3cccc(C(F)(F)F)c3)C2=O)c1)N1CCOCC1. The first-order valence-electron chi connectivity index (χ1n) is 9.66. The zero-order valence-corrected chi connectivity index (χ0v) is 18.2. The van der Waals surface area contributed by atoms with E-state index in [9.17, 15) is 22.8 Å². The molecule has 32 heavy (non-hydrogen) atoms. The number of carbonyl (C=O) groups is 2. The summed E-state index contributed by atoms with van der Waals surface area (Å²) in [5.74, 6) is -0.635. The van der Waals surface area contributed by atoms with Crippen LogP contribution in [0.4, 0.5) is 18.9 Å². The molecule has 2 aromatic rings. The van der Waals surface area contributed by atoms with Gasteiger partial charge in [0.2, 0.25) is 0 Å². The van der Waals surface area contributed by atoms with Crippen molar-refractivity contribution >= 4 is 51.9 Å². The van der Waals surface area contributed by atoms with E-state index in [-0.39, 0.29) is 20.8 Å². The van der Waals surface area contributed by atoms with E-state index in [1.54, 1.807) is 35.2 Å². The summed E-state index contributed by atoms with van der Waals surface area (Å²) in [7, 11) is 0. The lowest BCUT2D eigenvalue weighted by Crippen LogP contribution is -2.40. The molecule has 0 aromatic heterocycles. The standard InChI is InChI=1S/C22H17F3N2O3S2/c23-22(24,25)16-5-2-6-17(13-16)27-20(29)18(32-21(27)31)12-14-3-1-4-15(11-14)19(28)26-7-9-30-10-8-26/h1-6,11-13H,7-10H2/b18-12-. The third kappa shape index (κ3) is 4.72. The molecule has 0 N–H and O–H groups in total. The summed E-state index contributed by atoms with van der Waals surface area (Å²) in [6.45, 7) is 2.00. The van der Waals surface area contributed by atoms with Gasteiger partial charge < -0.3 is 9.64 Å². The molecule has 2 saturated heterocycles. The van der Waals surface area contributed by atoms with E-state index in [2.05, 4.69) is 0 Å². The van der Waals surface area contributed by atoms with Crippen molar-refractivity contribution in [2.75, 3.05) is 31.2 Å². The predicted molar refractivity (Wildman–Crippen MR) is 120 cm³/mol. The van der Waals surface area contributed by atoms with Crippen molar-refractivity contribution in [3.05, 3.63) is 70.1 Å². The molecule has 2 heterocycles. The minimum absolute atomic E-state index is 0.0574. The molecule has 0 unspecified atom stereocenters. The van der Waals surface area contributed by atoms with Gasteiger partial charge in [0.1, 0.15) is 0 Å². The van der Waals surface area contributed by atoms with Crippen LogP contribution in [0.15, 0.2) is 53.4 Å². The Balaban J connectivity index is 1.58. The van der Waals surface area contributed by atoms with E-state index in [1.807, 2.05) is 0 Å². The number of hydrogen-bond acceptors (Lipinski definition) is 5. The average Bonchev–Trinajstić information content (AvgIpc) is 3.06. The normalized spacial score (nSPS) is 18.5. The number of hydrogen-bond donors (Lipinski definition) is 0. The van der Waals surface area contributed by atoms with Crippen molar-refractivity contribution in [3.63, 3.8) is 0 Å². The lowest BCUT2D eigenvalue weighted by Gasteiger charge is -2.26. The van der Waals surface area contributed by atoms with Crippen LogP contribution in [0.3, 0.4) is 0 Å². The number of nitrogens with zero attached hydrogens (tertiary/aromatic N) is 2. The summed E-state index contributed by atoms with van der Waals surface area (Å²) in [6.07, 6.45) is -2.94. The highest BCUT2D eigenvalue weighted by Gasteiger charge is 2.36. The van der Waals surface area contributed by atoms with Gasteiger partial charge in [-0.3, -0.25) is 14.5 Å². The Bertz CT molecular complexity index is 1110. The molecular formula is C22H17F3N2O3S2. The van der Waals surface area contributed by atoms with E-state index in [1.165, 1.54) is 12.1 Å². The number of benzene rings is 2. The Labute approximate surface area is 191 Å². The lowest BCUT2D eigenvalue weighted by atomic mass is 10.1. The number of morpholine rings is 1. The molecule has 0 atom stereocenters. The van der Waals surface area contributed by atoms with Crippen molar-refractivity contribution in [2.45, 2.75) is 6.18 Å². The topological polar surface area (TPSA) is 49.9 Å². The molecular weight excluding hydrogens is 461 g/mol. The molecule has 0 saturated carbocycles. The Morgan fingerprint density at radius 1 is 1.09 bits per heavy atom. The van der Waals surface area contributed by atoms with Crippen LogP contribution in [0.5, 0.6) is 0 Å². The number of amides is 2. The van der Waals surface area contributed by atoms with Gasteiger partial charge >= 0.3 is 6.18 Å². The Morgan fingerprint density at radius 2 is 1.81 bits per heavy atom. The maximum absolute atomic E-state index is 13.1. The minimum atomic E-state index is -4.53. The summed E-state index contributed by atoms with van der Waals surface area (Å²) in [5.41, 5.74) is 0.298. The Hall–Kier alpha value is -2.69. The van der Waals surface area contributed by atoms with Crippen LogP contribution in [-0.4, -0.2) is 47.3 Å². The van der Waals surface area contributed by atoms with E-state index in [0.717, 1.165) is 28.8 Å². The van der Waals surface area contributed by atoms with Gasteiger partial charge in [-0.2, -0.15) is 13.2 Å². The number of ether oxygens (including phenoxy) is 1. The van der Waals surface area contributed by atoms with Gasteiger partial charge in [0.15, 0.2) is 4.32 Å². The summed E-state index contributed by atoms with van der Waals surface area (Å²) in [4.78, 5) is 28.7. The van der Waals surface area contributed by atoms with Gasteiger partial charge in [-0.15, -0.1) is 0 Å². The molecule has 0 bridgehead atoms. The molecule has 2 amide bonds. The first-order chi connectivity index (χ1) is 15.2. The predicted octanol–water partition coefficient (Wildman–Crippen LogP) is 4.58. The van der Waals surface area contributed by atoms with Crippen LogP contribution in [0.1, 0.15) is 21.5 Å². The summed E-state index contributed by atoms with van der Waals surface area (Å²) in [6, 6.07) is 11.3. The van der Waals surface area contributed by atoms with Crippen molar-refractivity contribution in [1.29, 1.82) is 0 Å². The second-order valence-electron chi connectivity index (χ2n) is 7.10. The van der Waals surface area contributed by atoms with Gasteiger partial charge in [-0.1, -0.05) is 42.2 Å². The Kier molecular flexibility index (Phi) is 6.36. The number of anilines is 1. The molecule has 2 aromatic carbocycles. The van der Waals surface area contributed by atoms with Crippen molar-refractivity contribution in [2.24, 2.45) is 0 Å². The molecule has 0 spiro atoms. The molecule has 2 aliphatic heterocycles. The second kappa shape index (κ2) is 9.05. The first kappa shape index (κ1) is 22.5. The smallest absolute Gasteiger partial charge is 0.378 e. The monoisotopic (exact) mass is 478 g/mol. The van der Waals surface area contributed by atoms with E-state index in [4.69, 9.17) is 17.0 Å². The molecule has 0 aliphatic carbocycles. The molecule has 10 heteroatoms. The number of rotatable bonds is 3. The van der Waals surface area contributed by atoms with Gasteiger partial charge in [0.25, 0.3) is 11.8 Å². The molecule has 4 rings (SSSR count). The number of thiocarbonyl (C=S) groups is 1. The van der Waals surface area contributed by atoms with Crippen LogP contribution in [-0.2, 0) is 15.7 Å². The van der Waals surface area contributed by atoms with Crippen LogP contribution < -0.4 is 4.90 Å². The quantitative estimate of drug-likeness (QED) is 0.477. The fourth-order valence-corrected chi connectivity index (χ4v) is 4.67. The van der Waals surface area contributed by atoms with E-state index in [0.29, 0.717) is 37.4 Å². The third-order valence-electron chi connectivity index (χ3n) is 4.96. The average molecular weight is 479 g/mol. The fraction of sp³-hybridized carbons (Fsp3) is 0.227. The Morgan fingerprint density at radius 3 is 2.53 bits per heavy atom. The maximum Gasteiger partial charge on any atom is 0.416 e. The lowest BCUT2D eigenvalue weighted by molar-refractivity contribution is -0.137. The molecule has 2 fully saturated rings. The molecule has 0 radical (unpaired) electrons. The maximum atomic E-state index is 13.1. The number of carbonyl (C=O) groups excluding carboxylic acids is 2. The zero-order valence-electron chi connectivity index (χ0n) is 16.6. The number of halogens is 3. The largest absolute Gasteiger partial charge is 0.416 e. The van der Waals surface area contributed by atoms with Crippen LogP contribution in [0, 0.1) is 0 Å². The van der Waals surface area contributed by atoms with Gasteiger partial charge in [0.05, 0.1) is 29.4 Å². The van der Waals surface area contributed by atoms with Gasteiger partial charge in [-0.05, 0) is 42.0 Å². The van der Waals surface area contributed by atoms with Gasteiger partial charge in [-0.25, -0.2) is 0 Å². The highest BCUT2D eigenvalue weighted by atomic mass is 32.2. The number of alkyl halides is 3. The van der Waals surface area contributed by atoms with E-state index < -0.39 is 17.6 Å². The molecule has 5 nitrogen and oxygen atoms in total. The van der Waals surface area contributed by atoms with Crippen molar-refractivity contribution < 1.29 is 27.5 Å². The number of thioether (sulfide) groups is 1. The fourth-order valence-electron chi connectivity index (χ4n) is 3.37. The zero-order chi connectivity index (χ0) is 22.9. The minimum Gasteiger partial charge on any atom is -0.378 e. The van der Waals surface area contributed by atoms with Crippen molar-refractivity contribution in [3.8, 4) is 0 Å². The van der Waals surface area contributed by atoms with Gasteiger partial charge in [0, 0.05) is 18.7 Å². The second-order valence-corrected chi connectivity index (χ2v) is 8.77. The molecule has 166 valence electrons. The van der Waals surface area contributed by atoms with Crippen molar-refractivity contribution in [1.82, 2.24) is 4.90 Å². The van der Waals surface area contributed by atoms with Crippen LogP contribution in [0.2, 0.25) is 0 Å². The first-order valence-corrected chi connectivity index (χ1v) is 10.9. The highest BCUT2D eigenvalue weighted by Crippen LogP contribution is 2.38. The summed E-state index contributed by atoms with van der Waals surface area (Å²) < 4.78 is 44.6. The summed E-state index contributed by atoms with van der Waals surface area (Å²) >= 11 is 6.26. The highest BCUT2D eigenvalue weighted by molar-refractivity contribution is 8.27. The van der Waals surface area contributed by atoms with E-state index >= 15 is 0 Å². The summed E-state index contributed by atoms with van der Waals surface area (Å²) in [5, 5.41) is 0. The van der Waals surface area contributed by atoms with Crippen LogP contribution >= 0.6 is 24.0 Å². The third-order valence-corrected chi connectivity index (χ3v) is 6.26. The molecule has 2 aliphatic rings. The van der Waals surface area contributed by atoms with Crippen LogP contribution in [0.25, 0.3) is 6.08 Å².